The zero-order chi connectivity index (χ0) is 8.69. The Kier molecular flexibility index (Phi) is 6.18. The molecule has 0 atom stereocenters. The number of halogens is 2. The third-order valence-electron chi connectivity index (χ3n) is 0.733. The van der Waals surface area contributed by atoms with Gasteiger partial charge < -0.3 is 0 Å². The number of carbonyl (C=O) groups is 1. The molecular formula is C8H8BrClO. The second-order valence-corrected chi connectivity index (χ2v) is 3.32. The Morgan fingerprint density at radius 3 is 1.91 bits per heavy atom. The van der Waals surface area contributed by atoms with E-state index in [9.17, 15) is 4.79 Å². The molecule has 1 aromatic rings. The van der Waals surface area contributed by atoms with Gasteiger partial charge in [0.1, 0.15) is 0 Å². The Morgan fingerprint density at radius 2 is 1.73 bits per heavy atom. The van der Waals surface area contributed by atoms with Crippen LogP contribution in [0.2, 0.25) is 5.02 Å². The number of hydrogen-bond acceptors (Lipinski definition) is 1. The van der Waals surface area contributed by atoms with Crippen molar-refractivity contribution in [3.8, 4) is 0 Å². The van der Waals surface area contributed by atoms with Gasteiger partial charge in [0.25, 0.3) is 0 Å². The first kappa shape index (κ1) is 10.7. The lowest BCUT2D eigenvalue weighted by Gasteiger charge is -1.80. The van der Waals surface area contributed by atoms with Crippen molar-refractivity contribution in [2.24, 2.45) is 0 Å². The van der Waals surface area contributed by atoms with Crippen LogP contribution in [-0.2, 0) is 4.79 Å². The number of benzene rings is 1. The van der Waals surface area contributed by atoms with E-state index < -0.39 is 0 Å². The number of carbonyl (C=O) groups excluding carboxylic acids is 1. The van der Waals surface area contributed by atoms with Crippen molar-refractivity contribution >= 4 is 32.2 Å². The van der Waals surface area contributed by atoms with E-state index in [4.69, 9.17) is 11.6 Å². The minimum atomic E-state index is -0.0208. The quantitative estimate of drug-likeness (QED) is 0.631. The molecule has 1 nitrogen and oxygen atoms in total. The minimum absolute atomic E-state index is 0.0208. The topological polar surface area (TPSA) is 17.1 Å². The first-order valence-electron chi connectivity index (χ1n) is 2.99. The standard InChI is InChI=1S/C6H5Cl.C2H3BrO/c7-6-4-2-1-3-5-6;1-2(3)4/h1-5H;1H3. The van der Waals surface area contributed by atoms with Crippen LogP contribution < -0.4 is 0 Å². The summed E-state index contributed by atoms with van der Waals surface area (Å²) in [6, 6.07) is 9.44. The summed E-state index contributed by atoms with van der Waals surface area (Å²) in [6.45, 7) is 1.44. The predicted molar refractivity (Wildman–Crippen MR) is 51.1 cm³/mol. The third-order valence-corrected chi connectivity index (χ3v) is 0.985. The average Bonchev–Trinajstić information content (AvgIpc) is 1.87. The van der Waals surface area contributed by atoms with Crippen LogP contribution >= 0.6 is 27.5 Å². The van der Waals surface area contributed by atoms with Gasteiger partial charge in [0.15, 0.2) is 4.69 Å². The molecule has 0 saturated heterocycles. The molecule has 0 bridgehead atoms. The van der Waals surface area contributed by atoms with Gasteiger partial charge in [0, 0.05) is 11.9 Å². The number of hydrogen-bond donors (Lipinski definition) is 0. The smallest absolute Gasteiger partial charge is 0.194 e. The van der Waals surface area contributed by atoms with E-state index in [2.05, 4.69) is 15.9 Å². The molecule has 1 aromatic carbocycles. The third kappa shape index (κ3) is 9.66. The lowest BCUT2D eigenvalue weighted by atomic mass is 10.4. The zero-order valence-electron chi connectivity index (χ0n) is 6.05. The van der Waals surface area contributed by atoms with Gasteiger partial charge in [0.05, 0.1) is 0 Å². The van der Waals surface area contributed by atoms with Gasteiger partial charge >= 0.3 is 0 Å². The maximum absolute atomic E-state index is 9.36. The summed E-state index contributed by atoms with van der Waals surface area (Å²) in [5.74, 6) is 0. The molecule has 0 N–H and O–H groups in total. The van der Waals surface area contributed by atoms with Crippen molar-refractivity contribution < 1.29 is 4.79 Å². The second kappa shape index (κ2) is 6.38. The molecule has 0 aliphatic heterocycles. The molecule has 60 valence electrons. The molecule has 0 aliphatic carbocycles. The number of rotatable bonds is 0. The van der Waals surface area contributed by atoms with Crippen LogP contribution in [0, 0.1) is 0 Å². The molecule has 0 heterocycles. The molecule has 0 spiro atoms. The van der Waals surface area contributed by atoms with Crippen LogP contribution in [0.1, 0.15) is 6.92 Å². The largest absolute Gasteiger partial charge is 0.287 e. The van der Waals surface area contributed by atoms with E-state index >= 15 is 0 Å². The molecule has 3 heteroatoms. The SMILES string of the molecule is CC(=O)Br.Clc1ccccc1. The summed E-state index contributed by atoms with van der Waals surface area (Å²) < 4.78 is -0.0208. The average molecular weight is 236 g/mol. The fourth-order valence-electron chi connectivity index (χ4n) is 0.415. The van der Waals surface area contributed by atoms with Crippen LogP contribution in [0.4, 0.5) is 0 Å². The van der Waals surface area contributed by atoms with Crippen LogP contribution in [0.3, 0.4) is 0 Å². The summed E-state index contributed by atoms with van der Waals surface area (Å²) in [5, 5.41) is 0.794. The van der Waals surface area contributed by atoms with Crippen molar-refractivity contribution in [3.63, 3.8) is 0 Å². The second-order valence-electron chi connectivity index (χ2n) is 1.77. The molecule has 0 aromatic heterocycles. The van der Waals surface area contributed by atoms with Crippen molar-refractivity contribution in [1.82, 2.24) is 0 Å². The lowest BCUT2D eigenvalue weighted by Crippen LogP contribution is -1.60. The van der Waals surface area contributed by atoms with Crippen LogP contribution in [0.25, 0.3) is 0 Å². The summed E-state index contributed by atoms with van der Waals surface area (Å²) in [4.78, 5) is 9.36. The summed E-state index contributed by atoms with van der Waals surface area (Å²) >= 11 is 8.17. The van der Waals surface area contributed by atoms with E-state index in [1.54, 1.807) is 0 Å². The summed E-state index contributed by atoms with van der Waals surface area (Å²) in [7, 11) is 0. The highest BCUT2D eigenvalue weighted by atomic mass is 79.9. The van der Waals surface area contributed by atoms with Crippen LogP contribution in [0.15, 0.2) is 30.3 Å². The van der Waals surface area contributed by atoms with Crippen LogP contribution in [0.5, 0.6) is 0 Å². The summed E-state index contributed by atoms with van der Waals surface area (Å²) in [5.41, 5.74) is 0. The highest BCUT2D eigenvalue weighted by Crippen LogP contribution is 2.03. The summed E-state index contributed by atoms with van der Waals surface area (Å²) in [6.07, 6.45) is 0. The minimum Gasteiger partial charge on any atom is -0.287 e. The maximum atomic E-state index is 9.36. The van der Waals surface area contributed by atoms with Crippen molar-refractivity contribution in [3.05, 3.63) is 35.4 Å². The Labute approximate surface area is 79.5 Å². The molecule has 0 fully saturated rings. The van der Waals surface area contributed by atoms with Gasteiger partial charge in [-0.2, -0.15) is 0 Å². The molecule has 0 unspecified atom stereocenters. The van der Waals surface area contributed by atoms with Gasteiger partial charge in [0.2, 0.25) is 0 Å². The lowest BCUT2D eigenvalue weighted by molar-refractivity contribution is -0.108. The highest BCUT2D eigenvalue weighted by molar-refractivity contribution is 9.18. The maximum Gasteiger partial charge on any atom is 0.194 e. The fraction of sp³-hybridized carbons (Fsp3) is 0.125. The Hall–Kier alpha value is -0.340. The normalized spacial score (nSPS) is 7.91. The molecule has 11 heavy (non-hydrogen) atoms. The first-order valence-corrected chi connectivity index (χ1v) is 4.16. The van der Waals surface area contributed by atoms with Gasteiger partial charge in [-0.3, -0.25) is 4.79 Å². The molecular weight excluding hydrogens is 227 g/mol. The van der Waals surface area contributed by atoms with Gasteiger partial charge in [-0.25, -0.2) is 0 Å². The molecule has 0 aliphatic rings. The Morgan fingerprint density at radius 1 is 1.36 bits per heavy atom. The molecule has 0 radical (unpaired) electrons. The van der Waals surface area contributed by atoms with E-state index in [0.29, 0.717) is 0 Å². The van der Waals surface area contributed by atoms with Crippen molar-refractivity contribution in [2.45, 2.75) is 6.92 Å². The van der Waals surface area contributed by atoms with E-state index in [-0.39, 0.29) is 4.69 Å². The monoisotopic (exact) mass is 234 g/mol. The first-order chi connectivity index (χ1) is 5.13. The molecule has 0 amide bonds. The van der Waals surface area contributed by atoms with Gasteiger partial charge in [-0.15, -0.1) is 0 Å². The van der Waals surface area contributed by atoms with Gasteiger partial charge in [-0.05, 0) is 28.1 Å². The molecule has 1 rings (SSSR count). The molecule has 0 saturated carbocycles. The zero-order valence-corrected chi connectivity index (χ0v) is 8.39. The fourth-order valence-corrected chi connectivity index (χ4v) is 0.560. The van der Waals surface area contributed by atoms with Crippen molar-refractivity contribution in [1.29, 1.82) is 0 Å². The van der Waals surface area contributed by atoms with Crippen LogP contribution in [-0.4, -0.2) is 4.69 Å². The van der Waals surface area contributed by atoms with Crippen molar-refractivity contribution in [2.75, 3.05) is 0 Å². The predicted octanol–water partition coefficient (Wildman–Crippen LogP) is 3.27. The highest BCUT2D eigenvalue weighted by Gasteiger charge is 1.74. The Bertz CT molecular complexity index is 207. The van der Waals surface area contributed by atoms with E-state index in [1.807, 2.05) is 30.3 Å². The van der Waals surface area contributed by atoms with E-state index in [0.717, 1.165) is 5.02 Å². The Balaban J connectivity index is 0.000000218. The van der Waals surface area contributed by atoms with E-state index in [1.165, 1.54) is 6.92 Å². The van der Waals surface area contributed by atoms with Gasteiger partial charge in [-0.1, -0.05) is 29.8 Å².